The number of terminal acetylenes is 1. The molecule has 1 aliphatic heterocycles. The van der Waals surface area contributed by atoms with Crippen molar-refractivity contribution in [3.63, 3.8) is 0 Å². The summed E-state index contributed by atoms with van der Waals surface area (Å²) in [5.74, 6) is 1.97. The van der Waals surface area contributed by atoms with E-state index in [0.717, 1.165) is 12.0 Å². The summed E-state index contributed by atoms with van der Waals surface area (Å²) >= 11 is 0. The molecule has 1 unspecified atom stereocenters. The van der Waals surface area contributed by atoms with Gasteiger partial charge in [-0.05, 0) is 31.4 Å². The van der Waals surface area contributed by atoms with Gasteiger partial charge in [-0.25, -0.2) is 0 Å². The van der Waals surface area contributed by atoms with Crippen molar-refractivity contribution in [1.82, 2.24) is 9.88 Å². The van der Waals surface area contributed by atoms with Crippen LogP contribution in [0.3, 0.4) is 0 Å². The number of likely N-dealkylation sites (tertiary alicyclic amines) is 1. The van der Waals surface area contributed by atoms with Crippen molar-refractivity contribution in [3.05, 3.63) is 65.5 Å². The second kappa shape index (κ2) is 16.8. The number of aromatic nitrogens is 1. The molecule has 5 heteroatoms. The van der Waals surface area contributed by atoms with Crippen LogP contribution in [0, 0.1) is 26.2 Å². The molecule has 0 saturated carbocycles. The molecule has 1 saturated heterocycles. The maximum atomic E-state index is 11.8. The molecule has 5 nitrogen and oxygen atoms in total. The van der Waals surface area contributed by atoms with Crippen LogP contribution in [-0.2, 0) is 9.59 Å². The average Bonchev–Trinajstić information content (AvgIpc) is 3.22. The van der Waals surface area contributed by atoms with Crippen LogP contribution in [0.1, 0.15) is 69.2 Å². The van der Waals surface area contributed by atoms with E-state index >= 15 is 0 Å². The Bertz CT molecular complexity index is 813. The van der Waals surface area contributed by atoms with Crippen LogP contribution < -0.4 is 0 Å². The number of hydrogen-bond donors (Lipinski definition) is 1. The highest BCUT2D eigenvalue weighted by Gasteiger charge is 2.28. The molecular formula is C26H36N2O3. The predicted octanol–water partition coefficient (Wildman–Crippen LogP) is 5.01. The summed E-state index contributed by atoms with van der Waals surface area (Å²) in [7, 11) is 0. The third-order valence-corrected chi connectivity index (χ3v) is 4.17. The summed E-state index contributed by atoms with van der Waals surface area (Å²) in [5.41, 5.74) is 2.86. The van der Waals surface area contributed by atoms with Crippen LogP contribution in [0.4, 0.5) is 0 Å². The van der Waals surface area contributed by atoms with Crippen LogP contribution in [0.25, 0.3) is 0 Å². The van der Waals surface area contributed by atoms with Crippen LogP contribution >= 0.6 is 0 Å². The summed E-state index contributed by atoms with van der Waals surface area (Å²) in [5, 5.41) is 9.96. The fraction of sp³-hybridized carbons (Fsp3) is 0.423. The monoisotopic (exact) mass is 424 g/mol. The maximum absolute atomic E-state index is 11.8. The molecule has 1 aromatic carbocycles. The lowest BCUT2D eigenvalue weighted by Gasteiger charge is -2.16. The molecule has 2 aromatic rings. The Morgan fingerprint density at radius 3 is 2.23 bits per heavy atom. The first-order valence-corrected chi connectivity index (χ1v) is 10.8. The van der Waals surface area contributed by atoms with E-state index in [-0.39, 0.29) is 18.2 Å². The van der Waals surface area contributed by atoms with Gasteiger partial charge in [0.2, 0.25) is 11.8 Å². The predicted molar refractivity (Wildman–Crippen MR) is 126 cm³/mol. The van der Waals surface area contributed by atoms with E-state index in [0.29, 0.717) is 24.9 Å². The molecule has 1 fully saturated rings. The number of aliphatic hydroxyl groups excluding tert-OH is 1. The van der Waals surface area contributed by atoms with Gasteiger partial charge in [-0.3, -0.25) is 19.5 Å². The molecule has 1 aromatic heterocycles. The Morgan fingerprint density at radius 2 is 1.81 bits per heavy atom. The first-order chi connectivity index (χ1) is 14.9. The van der Waals surface area contributed by atoms with E-state index in [4.69, 9.17) is 6.42 Å². The van der Waals surface area contributed by atoms with Gasteiger partial charge >= 0.3 is 0 Å². The summed E-state index contributed by atoms with van der Waals surface area (Å²) in [6.07, 6.45) is 9.01. The maximum Gasteiger partial charge on any atom is 0.232 e. The first-order valence-electron chi connectivity index (χ1n) is 10.8. The van der Waals surface area contributed by atoms with Crippen LogP contribution in [0.2, 0.25) is 0 Å². The number of carbonyl (C=O) groups is 2. The zero-order valence-corrected chi connectivity index (χ0v) is 19.5. The molecule has 31 heavy (non-hydrogen) atoms. The Balaban J connectivity index is 0.000000570. The van der Waals surface area contributed by atoms with Gasteiger partial charge in [0.05, 0.1) is 12.5 Å². The molecule has 2 heterocycles. The second-order valence-electron chi connectivity index (χ2n) is 6.77. The summed E-state index contributed by atoms with van der Waals surface area (Å²) in [6, 6.07) is 12.1. The number of amides is 2. The molecule has 0 aliphatic carbocycles. The van der Waals surface area contributed by atoms with Gasteiger partial charge in [-0.15, -0.1) is 12.3 Å². The Hall–Kier alpha value is -2.97. The Morgan fingerprint density at radius 1 is 1.19 bits per heavy atom. The smallest absolute Gasteiger partial charge is 0.232 e. The molecule has 0 spiro atoms. The minimum absolute atomic E-state index is 0.0725. The molecule has 1 aliphatic rings. The molecule has 1 N–H and O–H groups in total. The number of pyridine rings is 1. The molecule has 0 bridgehead atoms. The molecule has 0 radical (unpaired) electrons. The third kappa shape index (κ3) is 11.7. The minimum Gasteiger partial charge on any atom is -0.388 e. The van der Waals surface area contributed by atoms with Gasteiger partial charge in [-0.1, -0.05) is 62.7 Å². The van der Waals surface area contributed by atoms with Crippen molar-refractivity contribution in [2.45, 2.75) is 66.4 Å². The average molecular weight is 425 g/mol. The van der Waals surface area contributed by atoms with Crippen molar-refractivity contribution in [2.24, 2.45) is 0 Å². The standard InChI is InChI=1S/C13H16N2O3.C7H8.C4H6.C2H6/c1-9-5-10(8-14-7-9)11(16)6-13(18)15-4-2-3-12(15)17;1-7-5-3-2-4-6-7;1-3-4-2;1-2/h5,7-8,11,16H,2-4,6H2,1H3;2-6H,1H3;1H,4H2,2H3;1-2H3. The number of aliphatic hydroxyl groups is 1. The summed E-state index contributed by atoms with van der Waals surface area (Å²) in [6.45, 7) is 10.4. The van der Waals surface area contributed by atoms with Crippen molar-refractivity contribution >= 4 is 11.8 Å². The number of aryl methyl sites for hydroxylation is 2. The van der Waals surface area contributed by atoms with E-state index in [1.165, 1.54) is 16.7 Å². The highest BCUT2D eigenvalue weighted by molar-refractivity contribution is 5.96. The van der Waals surface area contributed by atoms with Gasteiger partial charge < -0.3 is 5.11 Å². The molecule has 2 amide bonds. The topological polar surface area (TPSA) is 70.5 Å². The van der Waals surface area contributed by atoms with Gasteiger partial charge in [0.1, 0.15) is 0 Å². The fourth-order valence-electron chi connectivity index (χ4n) is 2.60. The number of hydrogen-bond acceptors (Lipinski definition) is 4. The minimum atomic E-state index is -0.904. The van der Waals surface area contributed by atoms with E-state index in [1.807, 2.05) is 45.9 Å². The highest BCUT2D eigenvalue weighted by Crippen LogP contribution is 2.20. The molecular weight excluding hydrogens is 388 g/mol. The lowest BCUT2D eigenvalue weighted by atomic mass is 10.1. The summed E-state index contributed by atoms with van der Waals surface area (Å²) < 4.78 is 0. The molecule has 3 rings (SSSR count). The lowest BCUT2D eigenvalue weighted by molar-refractivity contribution is -0.143. The zero-order valence-electron chi connectivity index (χ0n) is 19.5. The quantitative estimate of drug-likeness (QED) is 0.703. The third-order valence-electron chi connectivity index (χ3n) is 4.17. The number of nitrogens with zero attached hydrogens (tertiary/aromatic N) is 2. The number of benzene rings is 1. The number of imide groups is 1. The van der Waals surface area contributed by atoms with Crippen LogP contribution in [-0.4, -0.2) is 33.3 Å². The van der Waals surface area contributed by atoms with Gasteiger partial charge in [0, 0.05) is 31.8 Å². The van der Waals surface area contributed by atoms with Gasteiger partial charge in [-0.2, -0.15) is 0 Å². The largest absolute Gasteiger partial charge is 0.388 e. The van der Waals surface area contributed by atoms with E-state index in [9.17, 15) is 14.7 Å². The number of rotatable bonds is 3. The SMILES string of the molecule is C#CCC.CC.Cc1ccccc1.Cc1cncc(C(O)CC(=O)N2CCCC2=O)c1. The van der Waals surface area contributed by atoms with E-state index in [2.05, 4.69) is 30.0 Å². The molecule has 1 atom stereocenters. The molecule has 168 valence electrons. The normalized spacial score (nSPS) is 12.7. The van der Waals surface area contributed by atoms with E-state index < -0.39 is 6.10 Å². The Labute approximate surface area is 187 Å². The van der Waals surface area contributed by atoms with Crippen molar-refractivity contribution < 1.29 is 14.7 Å². The van der Waals surface area contributed by atoms with Crippen LogP contribution in [0.5, 0.6) is 0 Å². The van der Waals surface area contributed by atoms with Gasteiger partial charge in [0.25, 0.3) is 0 Å². The first kappa shape index (κ1) is 28.0. The van der Waals surface area contributed by atoms with Crippen molar-refractivity contribution in [3.8, 4) is 12.3 Å². The van der Waals surface area contributed by atoms with Crippen LogP contribution in [0.15, 0.2) is 48.8 Å². The van der Waals surface area contributed by atoms with Crippen molar-refractivity contribution in [1.29, 1.82) is 0 Å². The van der Waals surface area contributed by atoms with Crippen molar-refractivity contribution in [2.75, 3.05) is 6.54 Å². The summed E-state index contributed by atoms with van der Waals surface area (Å²) in [4.78, 5) is 28.4. The Kier molecular flexibility index (Phi) is 15.2. The van der Waals surface area contributed by atoms with E-state index in [1.54, 1.807) is 12.3 Å². The lowest BCUT2D eigenvalue weighted by Crippen LogP contribution is -2.32. The van der Waals surface area contributed by atoms with Gasteiger partial charge in [0.15, 0.2) is 0 Å². The fourth-order valence-corrected chi connectivity index (χ4v) is 2.60. The second-order valence-corrected chi connectivity index (χ2v) is 6.77. The highest BCUT2D eigenvalue weighted by atomic mass is 16.3. The number of carbonyl (C=O) groups excluding carboxylic acids is 2. The zero-order chi connectivity index (χ0) is 23.6.